The summed E-state index contributed by atoms with van der Waals surface area (Å²) in [6, 6.07) is 17.4. The molecule has 0 spiro atoms. The lowest BCUT2D eigenvalue weighted by atomic mass is 9.94. The number of carbonyl (C=O) groups excluding carboxylic acids is 2. The Morgan fingerprint density at radius 3 is 2.62 bits per heavy atom. The minimum atomic E-state index is -0.551. The molecule has 34 heavy (non-hydrogen) atoms. The molecular weight excluding hydrogens is 435 g/mol. The Bertz CT molecular complexity index is 1080. The first-order valence-electron chi connectivity index (χ1n) is 11.7. The van der Waals surface area contributed by atoms with Crippen LogP contribution in [0.5, 0.6) is 0 Å². The Kier molecular flexibility index (Phi) is 7.13. The number of hydrogen-bond acceptors (Lipinski definition) is 4. The van der Waals surface area contributed by atoms with Crippen LogP contribution in [0.4, 0.5) is 20.6 Å². The fraction of sp³-hybridized carbons (Fsp3) is 0.423. The van der Waals surface area contributed by atoms with Gasteiger partial charge in [-0.25, -0.2) is 9.18 Å². The van der Waals surface area contributed by atoms with Gasteiger partial charge in [0.15, 0.2) is 11.5 Å². The molecule has 178 valence electrons. The van der Waals surface area contributed by atoms with E-state index in [0.29, 0.717) is 28.9 Å². The van der Waals surface area contributed by atoms with Crippen molar-refractivity contribution in [3.63, 3.8) is 0 Å². The summed E-state index contributed by atoms with van der Waals surface area (Å²) in [4.78, 5) is 24.9. The van der Waals surface area contributed by atoms with Gasteiger partial charge in [0, 0.05) is 38.3 Å². The van der Waals surface area contributed by atoms with Gasteiger partial charge in [-0.15, -0.1) is 0 Å². The fourth-order valence-electron chi connectivity index (χ4n) is 4.91. The van der Waals surface area contributed by atoms with Crippen LogP contribution in [-0.2, 0) is 16.0 Å². The molecule has 2 fully saturated rings. The van der Waals surface area contributed by atoms with Crippen molar-refractivity contribution in [3.8, 4) is 6.07 Å². The number of quaternary nitrogens is 1. The second-order valence-corrected chi connectivity index (χ2v) is 9.14. The SMILES string of the molecule is CC(=O)NC[C@H]1CN(c2ccc([N+]3(CCc4ccccc4)CCC(C#N)CC3)c(F)c2)C(=O)O1. The second-order valence-electron chi connectivity index (χ2n) is 9.14. The van der Waals surface area contributed by atoms with Gasteiger partial charge in [0.25, 0.3) is 0 Å². The lowest BCUT2D eigenvalue weighted by Crippen LogP contribution is -2.55. The number of ether oxygens (including phenoxy) is 1. The molecule has 0 unspecified atom stereocenters. The minimum absolute atomic E-state index is 0.00484. The maximum Gasteiger partial charge on any atom is 0.414 e. The Morgan fingerprint density at radius 1 is 1.24 bits per heavy atom. The number of amides is 2. The van der Waals surface area contributed by atoms with Crippen molar-refractivity contribution in [2.45, 2.75) is 32.3 Å². The summed E-state index contributed by atoms with van der Waals surface area (Å²) in [6.45, 7) is 4.01. The molecule has 0 saturated carbocycles. The first-order chi connectivity index (χ1) is 16.4. The first-order valence-corrected chi connectivity index (χ1v) is 11.7. The highest BCUT2D eigenvalue weighted by atomic mass is 19.1. The van der Waals surface area contributed by atoms with Crippen molar-refractivity contribution in [2.24, 2.45) is 5.92 Å². The van der Waals surface area contributed by atoms with E-state index in [1.54, 1.807) is 12.1 Å². The van der Waals surface area contributed by atoms with Crippen molar-refractivity contribution >= 4 is 23.4 Å². The second kappa shape index (κ2) is 10.2. The summed E-state index contributed by atoms with van der Waals surface area (Å²) >= 11 is 0. The number of nitrogens with one attached hydrogen (secondary N) is 1. The predicted octanol–water partition coefficient (Wildman–Crippen LogP) is 3.77. The fourth-order valence-corrected chi connectivity index (χ4v) is 4.91. The molecule has 2 amide bonds. The molecule has 7 nitrogen and oxygen atoms in total. The number of nitrogens with zero attached hydrogens (tertiary/aromatic N) is 3. The number of hydrogen-bond donors (Lipinski definition) is 1. The molecule has 2 aromatic rings. The summed E-state index contributed by atoms with van der Waals surface area (Å²) in [7, 11) is 0. The van der Waals surface area contributed by atoms with E-state index in [-0.39, 0.29) is 30.7 Å². The third-order valence-electron chi connectivity index (χ3n) is 6.87. The van der Waals surface area contributed by atoms with Gasteiger partial charge in [-0.3, -0.25) is 14.2 Å². The highest BCUT2D eigenvalue weighted by Gasteiger charge is 2.39. The van der Waals surface area contributed by atoms with Gasteiger partial charge in [-0.05, 0) is 11.6 Å². The van der Waals surface area contributed by atoms with Crippen LogP contribution in [0.25, 0.3) is 0 Å². The average molecular weight is 466 g/mol. The maximum absolute atomic E-state index is 15.6. The molecule has 0 aliphatic carbocycles. The van der Waals surface area contributed by atoms with E-state index in [1.165, 1.54) is 23.5 Å². The van der Waals surface area contributed by atoms with Crippen LogP contribution in [0.15, 0.2) is 48.5 Å². The Balaban J connectivity index is 1.55. The van der Waals surface area contributed by atoms with Crippen LogP contribution in [0.2, 0.25) is 0 Å². The molecule has 0 radical (unpaired) electrons. The molecular formula is C26H30FN4O3+. The van der Waals surface area contributed by atoms with E-state index >= 15 is 4.39 Å². The number of likely N-dealkylation sites (tertiary alicyclic amines) is 1. The van der Waals surface area contributed by atoms with Crippen LogP contribution >= 0.6 is 0 Å². The Morgan fingerprint density at radius 2 is 1.97 bits per heavy atom. The van der Waals surface area contributed by atoms with E-state index in [1.807, 2.05) is 18.2 Å². The largest absolute Gasteiger partial charge is 0.442 e. The van der Waals surface area contributed by atoms with Gasteiger partial charge < -0.3 is 10.1 Å². The number of benzene rings is 2. The summed E-state index contributed by atoms with van der Waals surface area (Å²) in [6.07, 6.45) is 1.24. The zero-order valence-corrected chi connectivity index (χ0v) is 19.4. The Hall–Kier alpha value is -3.44. The molecule has 4 rings (SSSR count). The minimum Gasteiger partial charge on any atom is -0.442 e. The standard InChI is InChI=1S/C26H29FN4O3/c1-19(32)29-17-23-18-30(26(33)34-23)22-7-8-25(24(27)15-22)31(13-10-21(16-28)11-14-31)12-9-20-5-3-2-4-6-20/h2-8,15,21,23H,9-14,17-18H2,1H3/p+1/t21?,23-,31?/m0/s1. The highest BCUT2D eigenvalue weighted by Crippen LogP contribution is 2.36. The summed E-state index contributed by atoms with van der Waals surface area (Å²) in [5.41, 5.74) is 2.23. The smallest absolute Gasteiger partial charge is 0.414 e. The van der Waals surface area contributed by atoms with E-state index in [0.717, 1.165) is 25.8 Å². The predicted molar refractivity (Wildman–Crippen MR) is 128 cm³/mol. The van der Waals surface area contributed by atoms with Gasteiger partial charge in [-0.2, -0.15) is 5.26 Å². The van der Waals surface area contributed by atoms with Gasteiger partial charge in [-0.1, -0.05) is 30.3 Å². The van der Waals surface area contributed by atoms with Crippen LogP contribution in [0.1, 0.15) is 25.3 Å². The number of anilines is 1. The highest BCUT2D eigenvalue weighted by molar-refractivity contribution is 5.90. The Labute approximate surface area is 199 Å². The zero-order valence-electron chi connectivity index (χ0n) is 19.4. The molecule has 1 N–H and O–H groups in total. The van der Waals surface area contributed by atoms with Crippen LogP contribution in [0, 0.1) is 23.1 Å². The van der Waals surface area contributed by atoms with E-state index in [2.05, 4.69) is 23.5 Å². The van der Waals surface area contributed by atoms with E-state index in [9.17, 15) is 14.9 Å². The molecule has 2 aliphatic rings. The van der Waals surface area contributed by atoms with Crippen molar-refractivity contribution < 1.29 is 18.7 Å². The van der Waals surface area contributed by atoms with E-state index in [4.69, 9.17) is 4.74 Å². The van der Waals surface area contributed by atoms with Crippen molar-refractivity contribution in [2.75, 3.05) is 37.6 Å². The lowest BCUT2D eigenvalue weighted by Gasteiger charge is -2.42. The number of piperidine rings is 1. The van der Waals surface area contributed by atoms with Crippen molar-refractivity contribution in [1.29, 1.82) is 5.26 Å². The number of cyclic esters (lactones) is 1. The molecule has 1 atom stereocenters. The molecule has 0 aromatic heterocycles. The van der Waals surface area contributed by atoms with Crippen LogP contribution < -0.4 is 14.7 Å². The topological polar surface area (TPSA) is 82.4 Å². The molecule has 2 aliphatic heterocycles. The third-order valence-corrected chi connectivity index (χ3v) is 6.87. The van der Waals surface area contributed by atoms with Gasteiger partial charge in [0.2, 0.25) is 5.91 Å². The molecule has 2 heterocycles. The van der Waals surface area contributed by atoms with Gasteiger partial charge in [0.05, 0.1) is 50.4 Å². The number of nitriles is 1. The monoisotopic (exact) mass is 465 g/mol. The molecule has 2 saturated heterocycles. The summed E-state index contributed by atoms with van der Waals surface area (Å²) < 4.78 is 21.4. The normalized spacial score (nSPS) is 24.4. The van der Waals surface area contributed by atoms with Crippen molar-refractivity contribution in [3.05, 3.63) is 59.9 Å². The van der Waals surface area contributed by atoms with Crippen molar-refractivity contribution in [1.82, 2.24) is 9.80 Å². The van der Waals surface area contributed by atoms with Crippen LogP contribution in [-0.4, -0.2) is 50.8 Å². The summed E-state index contributed by atoms with van der Waals surface area (Å²) in [5, 5.41) is 12.0. The van der Waals surface area contributed by atoms with E-state index < -0.39 is 12.2 Å². The number of carbonyl (C=O) groups is 2. The lowest BCUT2D eigenvalue weighted by molar-refractivity contribution is -0.119. The molecule has 2 aromatic carbocycles. The third kappa shape index (κ3) is 5.20. The average Bonchev–Trinajstić information content (AvgIpc) is 3.23. The molecule has 8 heteroatoms. The quantitative estimate of drug-likeness (QED) is 0.631. The summed E-state index contributed by atoms with van der Waals surface area (Å²) in [5.74, 6) is -0.557. The zero-order chi connectivity index (χ0) is 24.1. The number of rotatable bonds is 7. The number of halogens is 1. The molecule has 0 bridgehead atoms. The maximum atomic E-state index is 15.6. The first kappa shape index (κ1) is 23.7. The van der Waals surface area contributed by atoms with Gasteiger partial charge >= 0.3 is 6.09 Å². The van der Waals surface area contributed by atoms with Crippen LogP contribution in [0.3, 0.4) is 0 Å². The van der Waals surface area contributed by atoms with Gasteiger partial charge in [0.1, 0.15) is 6.10 Å².